The molecule has 3 heteroatoms. The van der Waals surface area contributed by atoms with E-state index in [0.717, 1.165) is 4.47 Å². The third kappa shape index (κ3) is 10.1. The Labute approximate surface area is 599 Å². The molecule has 2 nitrogen and oxygen atoms in total. The van der Waals surface area contributed by atoms with Gasteiger partial charge in [0.15, 0.2) is 0 Å². The van der Waals surface area contributed by atoms with Gasteiger partial charge in [0.2, 0.25) is 0 Å². The first-order valence-electron chi connectivity index (χ1n) is 35.4. The van der Waals surface area contributed by atoms with Gasteiger partial charge in [-0.15, -0.1) is 0 Å². The van der Waals surface area contributed by atoms with Crippen molar-refractivity contribution in [3.05, 3.63) is 353 Å². The van der Waals surface area contributed by atoms with Crippen LogP contribution in [0.15, 0.2) is 308 Å². The minimum Gasteiger partial charge on any atom is -0.358 e. The molecule has 0 amide bonds. The lowest BCUT2D eigenvalue weighted by Crippen LogP contribution is -2.14. The van der Waals surface area contributed by atoms with Gasteiger partial charge in [0.05, 0.1) is 11.0 Å². The Kier molecular flexibility index (Phi) is 14.7. The second kappa shape index (κ2) is 23.9. The Morgan fingerprint density at radius 3 is 1.22 bits per heavy atom. The lowest BCUT2D eigenvalue weighted by Gasteiger charge is -2.22. The van der Waals surface area contributed by atoms with Crippen LogP contribution in [0.4, 0.5) is 0 Å². The molecule has 0 unspecified atom stereocenters. The van der Waals surface area contributed by atoms with Crippen LogP contribution in [0, 0.1) is 27.7 Å². The highest BCUT2D eigenvalue weighted by Gasteiger charge is 2.37. The number of hydrogen-bond donors (Lipinski definition) is 1. The lowest BCUT2D eigenvalue weighted by atomic mass is 9.81. The molecule has 1 N–H and O–H groups in total. The van der Waals surface area contributed by atoms with Gasteiger partial charge in [-0.2, -0.15) is 0 Å². The first-order valence-corrected chi connectivity index (χ1v) is 36.2. The number of H-pyrrole nitrogens is 1. The number of aryl methyl sites for hydroxylation is 3. The van der Waals surface area contributed by atoms with Crippen LogP contribution in [0.3, 0.4) is 0 Å². The van der Waals surface area contributed by atoms with Crippen molar-refractivity contribution >= 4 is 102 Å². The van der Waals surface area contributed by atoms with Crippen LogP contribution in [-0.4, -0.2) is 9.55 Å². The summed E-state index contributed by atoms with van der Waals surface area (Å²) in [6.07, 6.45) is 0. The molecule has 0 aliphatic heterocycles. The quantitative estimate of drug-likeness (QED) is 0.166. The van der Waals surface area contributed by atoms with E-state index >= 15 is 0 Å². The van der Waals surface area contributed by atoms with Gasteiger partial charge in [-0.05, 0) is 230 Å². The van der Waals surface area contributed by atoms with E-state index in [4.69, 9.17) is 0 Å². The van der Waals surface area contributed by atoms with E-state index in [0.29, 0.717) is 0 Å². The zero-order valence-electron chi connectivity index (χ0n) is 58.2. The summed E-state index contributed by atoms with van der Waals surface area (Å²) in [5.41, 5.74) is 30.3. The summed E-state index contributed by atoms with van der Waals surface area (Å²) >= 11 is 3.51. The van der Waals surface area contributed by atoms with E-state index in [1.165, 1.54) is 204 Å². The molecule has 101 heavy (non-hydrogen) atoms. The van der Waals surface area contributed by atoms with Crippen molar-refractivity contribution in [2.75, 3.05) is 0 Å². The molecular formula is C98H75BrN2. The van der Waals surface area contributed by atoms with Crippen LogP contribution in [0.1, 0.15) is 72.5 Å². The number of hydrogen-bond acceptors (Lipinski definition) is 0. The van der Waals surface area contributed by atoms with E-state index < -0.39 is 0 Å². The largest absolute Gasteiger partial charge is 0.358 e. The van der Waals surface area contributed by atoms with Gasteiger partial charge in [-0.25, -0.2) is 0 Å². The van der Waals surface area contributed by atoms with Crippen molar-refractivity contribution in [2.45, 2.75) is 66.2 Å². The maximum absolute atomic E-state index is 3.60. The number of halogens is 1. The van der Waals surface area contributed by atoms with Crippen molar-refractivity contribution < 1.29 is 0 Å². The average Bonchev–Trinajstić information content (AvgIpc) is 1.69. The Bertz CT molecular complexity index is 6430. The highest BCUT2D eigenvalue weighted by Crippen LogP contribution is 2.52. The van der Waals surface area contributed by atoms with Gasteiger partial charge in [0.25, 0.3) is 0 Å². The summed E-state index contributed by atoms with van der Waals surface area (Å²) in [5.74, 6) is 0. The third-order valence-electron chi connectivity index (χ3n) is 22.8. The first-order chi connectivity index (χ1) is 49.2. The molecule has 0 fully saturated rings. The number of nitrogens with zero attached hydrogens (tertiary/aromatic N) is 1. The highest BCUT2D eigenvalue weighted by molar-refractivity contribution is 9.10. The molecule has 0 spiro atoms. The Hall–Kier alpha value is -11.4. The van der Waals surface area contributed by atoms with Gasteiger partial charge >= 0.3 is 0 Å². The highest BCUT2D eigenvalue weighted by atomic mass is 79.9. The number of aromatic nitrogens is 2. The Morgan fingerprint density at radius 1 is 0.277 bits per heavy atom. The summed E-state index contributed by atoms with van der Waals surface area (Å²) in [5, 5.41) is 18.1. The van der Waals surface area contributed by atoms with Crippen LogP contribution in [0.5, 0.6) is 0 Å². The molecule has 0 atom stereocenters. The molecule has 18 aromatic rings. The fraction of sp³-hybridized carbons (Fsp3) is 0.102. The van der Waals surface area contributed by atoms with Crippen LogP contribution >= 0.6 is 15.9 Å². The van der Waals surface area contributed by atoms with Crippen LogP contribution in [0.25, 0.3) is 159 Å². The zero-order valence-corrected chi connectivity index (χ0v) is 59.8. The van der Waals surface area contributed by atoms with E-state index in [1.807, 2.05) is 0 Å². The minimum absolute atomic E-state index is 0.0119. The maximum atomic E-state index is 3.60. The Morgan fingerprint density at radius 2 is 0.673 bits per heavy atom. The third-order valence-corrected chi connectivity index (χ3v) is 23.3. The molecular weight excluding hydrogens is 1280 g/mol. The minimum atomic E-state index is -0.0119. The zero-order chi connectivity index (χ0) is 68.6. The molecule has 0 radical (unpaired) electrons. The molecule has 2 aromatic heterocycles. The number of nitrogens with one attached hydrogen (secondary N) is 1. The second-order valence-corrected chi connectivity index (χ2v) is 29.9. The molecule has 2 heterocycles. The summed E-state index contributed by atoms with van der Waals surface area (Å²) in [6, 6.07) is 112. The molecule has 16 aromatic carbocycles. The number of rotatable bonds is 5. The fourth-order valence-electron chi connectivity index (χ4n) is 17.1. The summed E-state index contributed by atoms with van der Waals surface area (Å²) < 4.78 is 3.59. The smallest absolute Gasteiger partial charge is 0.0612 e. The van der Waals surface area contributed by atoms with Crippen molar-refractivity contribution in [3.63, 3.8) is 0 Å². The molecule has 0 saturated carbocycles. The van der Waals surface area contributed by atoms with Gasteiger partial charge in [-0.1, -0.05) is 298 Å². The predicted octanol–water partition coefficient (Wildman–Crippen LogP) is 27.7. The van der Waals surface area contributed by atoms with Crippen molar-refractivity contribution in [3.8, 4) is 72.4 Å². The van der Waals surface area contributed by atoms with Crippen molar-refractivity contribution in [1.29, 1.82) is 0 Å². The second-order valence-electron chi connectivity index (χ2n) is 29.0. The molecule has 2 aliphatic carbocycles. The molecule has 484 valence electrons. The van der Waals surface area contributed by atoms with E-state index in [1.54, 1.807) is 0 Å². The normalized spacial score (nSPS) is 13.2. The van der Waals surface area contributed by atoms with E-state index in [-0.39, 0.29) is 10.8 Å². The SMILES string of the molecule is CC1(C)c2ccccc2-c2ccc(-c3ccc(Br)cc3)cc21.Cc1[nH]c2c(ccc3c4cccc(-c5ccc6ccccc6c5)c4ccc32)c1C.Cc1c(C)n(-c2ccc(-c3ccc4c(c3)C(C)(C)c3ccccc3-4)cc2)c2c1ccc1c3cccc(-c4ccc5ccccc5c4)c3ccc12. The van der Waals surface area contributed by atoms with Crippen molar-refractivity contribution in [1.82, 2.24) is 9.55 Å². The Balaban J connectivity index is 0.000000121. The molecule has 20 rings (SSSR count). The summed E-state index contributed by atoms with van der Waals surface area (Å²) in [6.45, 7) is 18.2. The van der Waals surface area contributed by atoms with Gasteiger partial charge < -0.3 is 9.55 Å². The fourth-order valence-corrected chi connectivity index (χ4v) is 17.4. The molecule has 0 bridgehead atoms. The monoisotopic (exact) mass is 1360 g/mol. The van der Waals surface area contributed by atoms with Gasteiger partial charge in [0.1, 0.15) is 0 Å². The van der Waals surface area contributed by atoms with E-state index in [9.17, 15) is 0 Å². The maximum Gasteiger partial charge on any atom is 0.0612 e. The van der Waals surface area contributed by atoms with Crippen LogP contribution in [0.2, 0.25) is 0 Å². The molecule has 2 aliphatic rings. The first kappa shape index (κ1) is 61.9. The number of benzene rings is 16. The number of aromatic amines is 1. The summed E-state index contributed by atoms with van der Waals surface area (Å²) in [4.78, 5) is 3.60. The van der Waals surface area contributed by atoms with E-state index in [2.05, 4.69) is 384 Å². The molecule has 0 saturated heterocycles. The number of fused-ring (bicyclic) bond motifs is 18. The average molecular weight is 1360 g/mol. The predicted molar refractivity (Wildman–Crippen MR) is 437 cm³/mol. The van der Waals surface area contributed by atoms with Crippen LogP contribution in [-0.2, 0) is 10.8 Å². The van der Waals surface area contributed by atoms with Gasteiger partial charge in [-0.3, -0.25) is 0 Å². The van der Waals surface area contributed by atoms with Crippen molar-refractivity contribution in [2.24, 2.45) is 0 Å². The standard InChI is InChI=1S/C49H37N.C28H21N.C21H17Br/c1-30-31(2)50(37-21-18-33(19-22-37)35-20-23-44-43-12-7-8-15-46(43)49(3,4)47(44)29-35)48-38(30)24-25-42-40-14-9-13-39(41(40)26-27-45(42)48)36-17-16-32-10-5-6-11-34(32)28-36;1-17-18(2)29-28-22(17)12-13-26-24-9-5-8-23(25(24)14-15-27(26)28)21-11-10-19-6-3-4-7-20(19)16-21;1-21(2)19-6-4-3-5-17(19)18-12-9-15(13-20(18)21)14-7-10-16(22)11-8-14/h5-29H,1-4H3;3-16,29H,1-2H3;3-13H,1-2H3. The van der Waals surface area contributed by atoms with Crippen LogP contribution < -0.4 is 0 Å². The summed E-state index contributed by atoms with van der Waals surface area (Å²) in [7, 11) is 0. The topological polar surface area (TPSA) is 20.7 Å². The van der Waals surface area contributed by atoms with Gasteiger partial charge in [0, 0.05) is 53.9 Å². The lowest BCUT2D eigenvalue weighted by molar-refractivity contribution is 0.660.